The Labute approximate surface area is 95.1 Å². The molecule has 0 saturated carbocycles. The number of nitrogens with one attached hydrogen (secondary N) is 1. The van der Waals surface area contributed by atoms with E-state index in [-0.39, 0.29) is 23.8 Å². The van der Waals surface area contributed by atoms with Gasteiger partial charge in [0.25, 0.3) is 0 Å². The van der Waals surface area contributed by atoms with E-state index in [1.165, 1.54) is 7.11 Å². The second kappa shape index (κ2) is 4.41. The molecular weight excluding hydrogens is 208 g/mol. The number of piperidine rings is 1. The van der Waals surface area contributed by atoms with Gasteiger partial charge in [-0.3, -0.25) is 9.59 Å². The smallest absolute Gasteiger partial charge is 0.248 e. The number of rotatable bonds is 2. The number of nitrogens with zero attached hydrogens (tertiary/aromatic N) is 1. The third-order valence-corrected chi connectivity index (χ3v) is 3.64. The van der Waals surface area contributed by atoms with Crippen LogP contribution in [0.3, 0.4) is 0 Å². The minimum absolute atomic E-state index is 0.0506. The molecule has 1 spiro atoms. The van der Waals surface area contributed by atoms with Gasteiger partial charge in [0.2, 0.25) is 11.8 Å². The molecule has 0 radical (unpaired) electrons. The Hall–Kier alpha value is -1.10. The van der Waals surface area contributed by atoms with Crippen molar-refractivity contribution in [1.82, 2.24) is 10.2 Å². The molecule has 2 aliphatic heterocycles. The molecule has 2 heterocycles. The Morgan fingerprint density at radius 3 is 2.69 bits per heavy atom. The molecule has 0 bridgehead atoms. The van der Waals surface area contributed by atoms with Crippen LogP contribution in [0.1, 0.15) is 19.3 Å². The second-order valence-corrected chi connectivity index (χ2v) is 4.77. The van der Waals surface area contributed by atoms with Gasteiger partial charge in [-0.05, 0) is 18.3 Å². The molecule has 0 atom stereocenters. The summed E-state index contributed by atoms with van der Waals surface area (Å²) in [6.07, 6.45) is 2.46. The van der Waals surface area contributed by atoms with E-state index in [1.54, 1.807) is 0 Å². The Kier molecular flexibility index (Phi) is 3.14. The summed E-state index contributed by atoms with van der Waals surface area (Å²) in [7, 11) is 1.53. The third-order valence-electron chi connectivity index (χ3n) is 3.64. The molecule has 2 fully saturated rings. The van der Waals surface area contributed by atoms with E-state index in [0.29, 0.717) is 6.42 Å². The van der Waals surface area contributed by atoms with E-state index >= 15 is 0 Å². The maximum atomic E-state index is 11.6. The van der Waals surface area contributed by atoms with Crippen LogP contribution in [0.4, 0.5) is 0 Å². The minimum Gasteiger partial charge on any atom is -0.375 e. The lowest BCUT2D eigenvalue weighted by atomic mass is 9.77. The zero-order valence-electron chi connectivity index (χ0n) is 9.62. The molecule has 90 valence electrons. The maximum absolute atomic E-state index is 11.6. The zero-order chi connectivity index (χ0) is 11.6. The lowest BCUT2D eigenvalue weighted by Crippen LogP contribution is -2.45. The maximum Gasteiger partial charge on any atom is 0.248 e. The highest BCUT2D eigenvalue weighted by atomic mass is 16.5. The molecule has 0 aromatic heterocycles. The average molecular weight is 226 g/mol. The summed E-state index contributed by atoms with van der Waals surface area (Å²) >= 11 is 0. The Morgan fingerprint density at radius 2 is 2.19 bits per heavy atom. The molecule has 0 aromatic carbocycles. The molecule has 2 saturated heterocycles. The largest absolute Gasteiger partial charge is 0.375 e. The number of hydrogen-bond acceptors (Lipinski definition) is 3. The van der Waals surface area contributed by atoms with Crippen molar-refractivity contribution in [2.24, 2.45) is 5.41 Å². The first kappa shape index (κ1) is 11.4. The van der Waals surface area contributed by atoms with Crippen molar-refractivity contribution in [3.05, 3.63) is 0 Å². The predicted molar refractivity (Wildman–Crippen MR) is 57.7 cm³/mol. The third kappa shape index (κ3) is 2.19. The number of likely N-dealkylation sites (tertiary alicyclic amines) is 1. The fourth-order valence-corrected chi connectivity index (χ4v) is 2.55. The number of amides is 2. The van der Waals surface area contributed by atoms with Crippen LogP contribution in [0.2, 0.25) is 0 Å². The highest BCUT2D eigenvalue weighted by Crippen LogP contribution is 2.37. The summed E-state index contributed by atoms with van der Waals surface area (Å²) in [5.74, 6) is 0.200. The van der Waals surface area contributed by atoms with Crippen LogP contribution in [-0.4, -0.2) is 50.1 Å². The first-order valence-electron chi connectivity index (χ1n) is 5.69. The Balaban J connectivity index is 1.87. The summed E-state index contributed by atoms with van der Waals surface area (Å²) in [5, 5.41) is 2.88. The molecule has 2 amide bonds. The van der Waals surface area contributed by atoms with Crippen LogP contribution in [-0.2, 0) is 14.3 Å². The van der Waals surface area contributed by atoms with Gasteiger partial charge in [-0.1, -0.05) is 0 Å². The second-order valence-electron chi connectivity index (χ2n) is 4.77. The van der Waals surface area contributed by atoms with E-state index in [9.17, 15) is 9.59 Å². The molecule has 1 N–H and O–H groups in total. The topological polar surface area (TPSA) is 58.6 Å². The lowest BCUT2D eigenvalue weighted by Gasteiger charge is -2.38. The summed E-state index contributed by atoms with van der Waals surface area (Å²) in [6, 6.07) is 0. The van der Waals surface area contributed by atoms with Gasteiger partial charge in [-0.2, -0.15) is 0 Å². The van der Waals surface area contributed by atoms with Gasteiger partial charge in [0.1, 0.15) is 6.61 Å². The monoisotopic (exact) mass is 226 g/mol. The average Bonchev–Trinajstić information content (AvgIpc) is 2.61. The van der Waals surface area contributed by atoms with Gasteiger partial charge in [0.15, 0.2) is 0 Å². The van der Waals surface area contributed by atoms with Gasteiger partial charge < -0.3 is 15.0 Å². The van der Waals surface area contributed by atoms with E-state index in [4.69, 9.17) is 4.74 Å². The van der Waals surface area contributed by atoms with Crippen molar-refractivity contribution < 1.29 is 14.3 Å². The van der Waals surface area contributed by atoms with Gasteiger partial charge in [0, 0.05) is 33.2 Å². The fraction of sp³-hybridized carbons (Fsp3) is 0.818. The molecule has 16 heavy (non-hydrogen) atoms. The predicted octanol–water partition coefficient (Wildman–Crippen LogP) is -0.238. The zero-order valence-corrected chi connectivity index (χ0v) is 9.62. The van der Waals surface area contributed by atoms with Crippen LogP contribution in [0.15, 0.2) is 0 Å². The quantitative estimate of drug-likeness (QED) is 0.707. The standard InChI is InChI=1S/C11H18N2O3/c1-16-7-10(15)13-4-2-11(3-5-13)6-9(14)12-8-11/h2-8H2,1H3,(H,12,14). The van der Waals surface area contributed by atoms with Gasteiger partial charge in [-0.25, -0.2) is 0 Å². The van der Waals surface area contributed by atoms with Crippen LogP contribution < -0.4 is 5.32 Å². The van der Waals surface area contributed by atoms with Crippen molar-refractivity contribution >= 4 is 11.8 Å². The molecule has 0 aromatic rings. The fourth-order valence-electron chi connectivity index (χ4n) is 2.55. The summed E-state index contributed by atoms with van der Waals surface area (Å²) < 4.78 is 4.83. The van der Waals surface area contributed by atoms with Crippen molar-refractivity contribution in [2.75, 3.05) is 33.4 Å². The number of carbonyl (C=O) groups is 2. The van der Waals surface area contributed by atoms with Crippen LogP contribution in [0, 0.1) is 5.41 Å². The lowest BCUT2D eigenvalue weighted by molar-refractivity contribution is -0.137. The van der Waals surface area contributed by atoms with Crippen LogP contribution >= 0.6 is 0 Å². The first-order valence-corrected chi connectivity index (χ1v) is 5.69. The minimum atomic E-state index is 0.0506. The number of hydrogen-bond donors (Lipinski definition) is 1. The molecule has 5 heteroatoms. The van der Waals surface area contributed by atoms with E-state index in [0.717, 1.165) is 32.5 Å². The first-order chi connectivity index (χ1) is 7.65. The Bertz CT molecular complexity index is 296. The van der Waals surface area contributed by atoms with E-state index in [1.807, 2.05) is 4.90 Å². The van der Waals surface area contributed by atoms with Crippen molar-refractivity contribution in [3.63, 3.8) is 0 Å². The van der Waals surface area contributed by atoms with Crippen LogP contribution in [0.5, 0.6) is 0 Å². The molecule has 5 nitrogen and oxygen atoms in total. The molecule has 2 rings (SSSR count). The SMILES string of the molecule is COCC(=O)N1CCC2(CC1)CNC(=O)C2. The number of carbonyl (C=O) groups excluding carboxylic acids is 2. The molecule has 0 aliphatic carbocycles. The number of ether oxygens (including phenoxy) is 1. The number of methoxy groups -OCH3 is 1. The summed E-state index contributed by atoms with van der Waals surface area (Å²) in [4.78, 5) is 24.6. The summed E-state index contributed by atoms with van der Waals surface area (Å²) in [6.45, 7) is 2.43. The van der Waals surface area contributed by atoms with E-state index < -0.39 is 0 Å². The van der Waals surface area contributed by atoms with Crippen molar-refractivity contribution in [2.45, 2.75) is 19.3 Å². The highest BCUT2D eigenvalue weighted by molar-refractivity contribution is 5.80. The van der Waals surface area contributed by atoms with E-state index in [2.05, 4.69) is 5.32 Å². The molecular formula is C11H18N2O3. The molecule has 2 aliphatic rings. The highest BCUT2D eigenvalue weighted by Gasteiger charge is 2.41. The van der Waals surface area contributed by atoms with Gasteiger partial charge in [-0.15, -0.1) is 0 Å². The Morgan fingerprint density at radius 1 is 1.50 bits per heavy atom. The van der Waals surface area contributed by atoms with Gasteiger partial charge in [0.05, 0.1) is 0 Å². The van der Waals surface area contributed by atoms with Crippen molar-refractivity contribution in [1.29, 1.82) is 0 Å². The van der Waals surface area contributed by atoms with Gasteiger partial charge >= 0.3 is 0 Å². The normalized spacial score (nSPS) is 23.6. The van der Waals surface area contributed by atoms with Crippen LogP contribution in [0.25, 0.3) is 0 Å². The molecule has 0 unspecified atom stereocenters. The van der Waals surface area contributed by atoms with Crippen molar-refractivity contribution in [3.8, 4) is 0 Å². The summed E-state index contributed by atoms with van der Waals surface area (Å²) in [5.41, 5.74) is 0.112.